The lowest BCUT2D eigenvalue weighted by atomic mass is 10.0. The number of urea groups is 1. The molecule has 1 aliphatic carbocycles. The van der Waals surface area contributed by atoms with Crippen LogP contribution in [0.3, 0.4) is 0 Å². The van der Waals surface area contributed by atoms with Gasteiger partial charge in [0, 0.05) is 29.6 Å². The van der Waals surface area contributed by atoms with Gasteiger partial charge in [0.2, 0.25) is 5.91 Å². The van der Waals surface area contributed by atoms with Crippen molar-refractivity contribution in [2.75, 3.05) is 16.0 Å². The summed E-state index contributed by atoms with van der Waals surface area (Å²) in [7, 11) is 0. The van der Waals surface area contributed by atoms with Gasteiger partial charge < -0.3 is 25.8 Å². The minimum atomic E-state index is -1.12. The van der Waals surface area contributed by atoms with E-state index in [-0.39, 0.29) is 17.6 Å². The maximum absolute atomic E-state index is 13.0. The van der Waals surface area contributed by atoms with Crippen LogP contribution in [0.15, 0.2) is 66.9 Å². The third kappa shape index (κ3) is 6.91. The molecule has 3 aromatic rings. The minimum Gasteiger partial charge on any atom is -0.478 e. The quantitative estimate of drug-likeness (QED) is 0.269. The first-order valence-electron chi connectivity index (χ1n) is 11.7. The van der Waals surface area contributed by atoms with Crippen molar-refractivity contribution in [2.45, 2.75) is 26.2 Å². The van der Waals surface area contributed by atoms with Gasteiger partial charge in [0.15, 0.2) is 0 Å². The molecule has 37 heavy (non-hydrogen) atoms. The Morgan fingerprint density at radius 2 is 1.62 bits per heavy atom. The maximum Gasteiger partial charge on any atom is 0.328 e. The third-order valence-electron chi connectivity index (χ3n) is 5.54. The zero-order valence-electron chi connectivity index (χ0n) is 20.0. The lowest BCUT2D eigenvalue weighted by Gasteiger charge is -2.17. The second kappa shape index (κ2) is 11.3. The van der Waals surface area contributed by atoms with Crippen molar-refractivity contribution in [2.24, 2.45) is 5.92 Å². The molecule has 0 bridgehead atoms. The van der Waals surface area contributed by atoms with Gasteiger partial charge >= 0.3 is 12.0 Å². The average molecular weight is 505 g/mol. The van der Waals surface area contributed by atoms with E-state index in [0.29, 0.717) is 40.4 Å². The summed E-state index contributed by atoms with van der Waals surface area (Å²) in [5.74, 6) is -0.771. The number of aliphatic carboxylic acids is 1. The van der Waals surface area contributed by atoms with Crippen molar-refractivity contribution in [1.82, 2.24) is 4.98 Å². The maximum atomic E-state index is 13.0. The van der Waals surface area contributed by atoms with Crippen LogP contribution < -0.4 is 20.7 Å². The number of halogens is 1. The summed E-state index contributed by atoms with van der Waals surface area (Å²) in [6, 6.07) is 13.0. The number of carbonyl (C=O) groups excluding carboxylic acids is 2. The van der Waals surface area contributed by atoms with Gasteiger partial charge in [-0.2, -0.15) is 0 Å². The number of carbonyl (C=O) groups is 3. The summed E-state index contributed by atoms with van der Waals surface area (Å²) in [6.45, 7) is 1.80. The largest absolute Gasteiger partial charge is 0.478 e. The number of nitrogens with one attached hydrogen (secondary N) is 3. The molecule has 2 aromatic carbocycles. The van der Waals surface area contributed by atoms with Crippen molar-refractivity contribution < 1.29 is 28.6 Å². The highest BCUT2D eigenvalue weighted by Gasteiger charge is 2.31. The molecule has 0 unspecified atom stereocenters. The molecule has 0 aliphatic heterocycles. The van der Waals surface area contributed by atoms with E-state index < -0.39 is 17.8 Å². The van der Waals surface area contributed by atoms with E-state index in [9.17, 15) is 23.9 Å². The van der Waals surface area contributed by atoms with Crippen LogP contribution in [-0.2, 0) is 9.59 Å². The number of amides is 3. The zero-order chi connectivity index (χ0) is 26.4. The highest BCUT2D eigenvalue weighted by atomic mass is 19.1. The van der Waals surface area contributed by atoms with E-state index in [2.05, 4.69) is 20.9 Å². The number of carboxylic acid groups (broad SMARTS) is 1. The first-order chi connectivity index (χ1) is 17.8. The summed E-state index contributed by atoms with van der Waals surface area (Å²) >= 11 is 0. The molecule has 4 N–H and O–H groups in total. The van der Waals surface area contributed by atoms with Gasteiger partial charge in [0.1, 0.15) is 23.1 Å². The van der Waals surface area contributed by atoms with Gasteiger partial charge in [-0.3, -0.25) is 4.79 Å². The number of hydrogen-bond acceptors (Lipinski definition) is 5. The Balaban J connectivity index is 1.52. The first kappa shape index (κ1) is 25.4. The van der Waals surface area contributed by atoms with Gasteiger partial charge in [0.05, 0.1) is 5.56 Å². The smallest absolute Gasteiger partial charge is 0.328 e. The normalized spacial score (nSPS) is 13.0. The third-order valence-corrected chi connectivity index (χ3v) is 5.54. The molecule has 0 saturated heterocycles. The topological polar surface area (TPSA) is 130 Å². The molecule has 1 aliphatic rings. The number of ether oxygens (including phenoxy) is 1. The van der Waals surface area contributed by atoms with Crippen LogP contribution in [0.5, 0.6) is 11.5 Å². The van der Waals surface area contributed by atoms with E-state index in [0.717, 1.165) is 18.9 Å². The average Bonchev–Trinajstić information content (AvgIpc) is 3.71. The number of nitrogens with zero attached hydrogens (tertiary/aromatic N) is 1. The lowest BCUT2D eigenvalue weighted by molar-refractivity contribution is -0.131. The summed E-state index contributed by atoms with van der Waals surface area (Å²) in [5, 5.41) is 17.4. The number of anilines is 3. The fourth-order valence-corrected chi connectivity index (χ4v) is 3.56. The Kier molecular flexibility index (Phi) is 7.77. The van der Waals surface area contributed by atoms with Gasteiger partial charge in [-0.05, 0) is 79.4 Å². The monoisotopic (exact) mass is 504 g/mol. The molecule has 1 fully saturated rings. The van der Waals surface area contributed by atoms with Crippen LogP contribution in [0.25, 0.3) is 5.57 Å². The molecule has 0 spiro atoms. The molecule has 3 amide bonds. The lowest BCUT2D eigenvalue weighted by Crippen LogP contribution is -2.19. The summed E-state index contributed by atoms with van der Waals surface area (Å²) in [5.41, 5.74) is 1.76. The van der Waals surface area contributed by atoms with E-state index in [1.54, 1.807) is 37.3 Å². The van der Waals surface area contributed by atoms with Gasteiger partial charge in [0.25, 0.3) is 0 Å². The van der Waals surface area contributed by atoms with Crippen molar-refractivity contribution >= 4 is 40.7 Å². The highest BCUT2D eigenvalue weighted by Crippen LogP contribution is 2.38. The number of hydrogen-bond donors (Lipinski definition) is 4. The van der Waals surface area contributed by atoms with Crippen molar-refractivity contribution in [3.8, 4) is 11.5 Å². The summed E-state index contributed by atoms with van der Waals surface area (Å²) in [6.07, 6.45) is 4.54. The number of pyridine rings is 1. The molecule has 10 heteroatoms. The van der Waals surface area contributed by atoms with E-state index in [4.69, 9.17) is 4.74 Å². The molecular formula is C27H25FN4O5. The second-order valence-electron chi connectivity index (χ2n) is 8.37. The number of rotatable bonds is 9. The molecule has 4 rings (SSSR count). The molecule has 0 radical (unpaired) electrons. The Morgan fingerprint density at radius 3 is 2.19 bits per heavy atom. The van der Waals surface area contributed by atoms with Gasteiger partial charge in [-0.25, -0.2) is 19.0 Å². The van der Waals surface area contributed by atoms with E-state index in [1.165, 1.54) is 30.5 Å². The molecule has 1 heterocycles. The van der Waals surface area contributed by atoms with Crippen molar-refractivity contribution in [3.63, 3.8) is 0 Å². The summed E-state index contributed by atoms with van der Waals surface area (Å²) < 4.78 is 19.1. The Labute approximate surface area is 212 Å². The molecule has 1 aromatic heterocycles. The van der Waals surface area contributed by atoms with Crippen LogP contribution in [0.1, 0.15) is 31.7 Å². The van der Waals surface area contributed by atoms with Crippen molar-refractivity contribution in [1.29, 1.82) is 0 Å². The van der Waals surface area contributed by atoms with Crippen LogP contribution in [0, 0.1) is 11.7 Å². The highest BCUT2D eigenvalue weighted by molar-refractivity contribution is 6.00. The zero-order valence-corrected chi connectivity index (χ0v) is 20.0. The molecule has 1 saturated carbocycles. The number of allylic oxidation sites excluding steroid dienone is 1. The summed E-state index contributed by atoms with van der Waals surface area (Å²) in [4.78, 5) is 40.3. The number of aromatic nitrogens is 1. The van der Waals surface area contributed by atoms with Crippen LogP contribution in [0.2, 0.25) is 0 Å². The fourth-order valence-electron chi connectivity index (χ4n) is 3.56. The minimum absolute atomic E-state index is 0.0620. The van der Waals surface area contributed by atoms with Crippen LogP contribution >= 0.6 is 0 Å². The van der Waals surface area contributed by atoms with Gasteiger partial charge in [-0.15, -0.1) is 0 Å². The Morgan fingerprint density at radius 1 is 1.00 bits per heavy atom. The molecule has 190 valence electrons. The molecule has 9 nitrogen and oxygen atoms in total. The SMILES string of the molecule is CC/C(=C\C(=O)O)c1c(Oc2ccc(NC(=O)Nc3ccc(F)cc3)cc2)ccnc1NC(=O)C1CC1. The molecule has 0 atom stereocenters. The predicted octanol–water partition coefficient (Wildman–Crippen LogP) is 5.88. The standard InChI is InChI=1S/C27H25FN4O5/c1-2-16(15-23(33)34)24-22(13-14-29-25(24)32-26(35)17-3-4-17)37-21-11-9-20(10-12-21)31-27(36)30-19-7-5-18(28)6-8-19/h5-15,17H,2-4H2,1H3,(H,33,34)(H,29,32,35)(H2,30,31,36)/b16-15+. The van der Waals surface area contributed by atoms with Crippen molar-refractivity contribution in [3.05, 3.63) is 78.3 Å². The molecular weight excluding hydrogens is 479 g/mol. The number of benzene rings is 2. The van der Waals surface area contributed by atoms with Crippen LogP contribution in [-0.4, -0.2) is 28.0 Å². The van der Waals surface area contributed by atoms with E-state index >= 15 is 0 Å². The second-order valence-corrected chi connectivity index (χ2v) is 8.37. The Bertz CT molecular complexity index is 1340. The first-order valence-corrected chi connectivity index (χ1v) is 11.7. The van der Waals surface area contributed by atoms with Crippen LogP contribution in [0.4, 0.5) is 26.4 Å². The number of carboxylic acids is 1. The van der Waals surface area contributed by atoms with E-state index in [1.807, 2.05) is 0 Å². The fraction of sp³-hybridized carbons (Fsp3) is 0.185. The predicted molar refractivity (Wildman–Crippen MR) is 137 cm³/mol. The Hall–Kier alpha value is -4.73. The van der Waals surface area contributed by atoms with Gasteiger partial charge in [-0.1, -0.05) is 6.92 Å².